The summed E-state index contributed by atoms with van der Waals surface area (Å²) in [7, 11) is 0. The van der Waals surface area contributed by atoms with Gasteiger partial charge in [-0.15, -0.1) is 0 Å². The topological polar surface area (TPSA) is 84.7 Å². The Balaban J connectivity index is 1.72. The van der Waals surface area contributed by atoms with Crippen molar-refractivity contribution in [2.24, 2.45) is 5.73 Å². The molecule has 1 aliphatic heterocycles. The fraction of sp³-hybridized carbons (Fsp3) is 0.263. The van der Waals surface area contributed by atoms with Gasteiger partial charge in [-0.05, 0) is 36.8 Å². The molecule has 142 valence electrons. The van der Waals surface area contributed by atoms with Crippen LogP contribution in [0.5, 0.6) is 5.75 Å². The van der Waals surface area contributed by atoms with Crippen molar-refractivity contribution < 1.29 is 14.3 Å². The summed E-state index contributed by atoms with van der Waals surface area (Å²) in [4.78, 5) is 25.9. The van der Waals surface area contributed by atoms with Crippen molar-refractivity contribution in [2.75, 3.05) is 18.0 Å². The van der Waals surface area contributed by atoms with Crippen LogP contribution in [0.25, 0.3) is 0 Å². The molecule has 2 amide bonds. The third kappa shape index (κ3) is 4.35. The van der Waals surface area contributed by atoms with Crippen molar-refractivity contribution in [3.63, 3.8) is 0 Å². The maximum Gasteiger partial charge on any atom is 0.260 e. The lowest BCUT2D eigenvalue weighted by molar-refractivity contribution is -0.125. The molecule has 6 nitrogen and oxygen atoms in total. The zero-order valence-electron chi connectivity index (χ0n) is 14.6. The Morgan fingerprint density at radius 3 is 2.74 bits per heavy atom. The quantitative estimate of drug-likeness (QED) is 0.797. The normalized spacial score (nSPS) is 17.0. The van der Waals surface area contributed by atoms with Crippen molar-refractivity contribution in [2.45, 2.75) is 19.1 Å². The number of carbonyl (C=O) groups is 2. The third-order valence-electron chi connectivity index (χ3n) is 4.38. The number of nitrogens with two attached hydrogens (primary N) is 1. The van der Waals surface area contributed by atoms with Crippen LogP contribution < -0.4 is 20.7 Å². The van der Waals surface area contributed by atoms with E-state index in [2.05, 4.69) is 5.32 Å². The Bertz CT molecular complexity index is 875. The highest BCUT2D eigenvalue weighted by Crippen LogP contribution is 2.33. The number of primary amides is 1. The third-order valence-corrected chi connectivity index (χ3v) is 4.94. The number of para-hydroxylation sites is 2. The van der Waals surface area contributed by atoms with Gasteiger partial charge < -0.3 is 20.7 Å². The van der Waals surface area contributed by atoms with E-state index >= 15 is 0 Å². The number of ether oxygens (including phenoxy) is 1. The number of benzene rings is 2. The lowest BCUT2D eigenvalue weighted by Gasteiger charge is -2.33. The van der Waals surface area contributed by atoms with Crippen LogP contribution in [0.4, 0.5) is 5.69 Å². The van der Waals surface area contributed by atoms with Gasteiger partial charge in [-0.1, -0.05) is 41.4 Å². The molecule has 8 heteroatoms. The molecule has 3 N–H and O–H groups in total. The zero-order chi connectivity index (χ0) is 19.6. The van der Waals surface area contributed by atoms with E-state index in [4.69, 9.17) is 33.7 Å². The fourth-order valence-electron chi connectivity index (χ4n) is 2.92. The molecule has 1 heterocycles. The van der Waals surface area contributed by atoms with E-state index in [1.807, 2.05) is 13.0 Å². The highest BCUT2D eigenvalue weighted by molar-refractivity contribution is 6.35. The van der Waals surface area contributed by atoms with Gasteiger partial charge in [0.15, 0.2) is 6.10 Å². The van der Waals surface area contributed by atoms with Crippen molar-refractivity contribution in [3.05, 3.63) is 58.1 Å². The second-order valence-electron chi connectivity index (χ2n) is 6.25. The van der Waals surface area contributed by atoms with E-state index in [1.54, 1.807) is 36.4 Å². The minimum absolute atomic E-state index is 0.0555. The number of halogens is 2. The molecule has 2 aromatic rings. The molecule has 2 atom stereocenters. The summed E-state index contributed by atoms with van der Waals surface area (Å²) in [6, 6.07) is 12.1. The van der Waals surface area contributed by atoms with Gasteiger partial charge in [-0.25, -0.2) is 0 Å². The van der Waals surface area contributed by atoms with Crippen LogP contribution in [0, 0.1) is 0 Å². The van der Waals surface area contributed by atoms with Crippen LogP contribution in [0.2, 0.25) is 10.0 Å². The first-order valence-corrected chi connectivity index (χ1v) is 9.16. The van der Waals surface area contributed by atoms with Crippen molar-refractivity contribution >= 4 is 40.7 Å². The predicted octanol–water partition coefficient (Wildman–Crippen LogP) is 2.92. The van der Waals surface area contributed by atoms with Crippen LogP contribution in [-0.4, -0.2) is 31.0 Å². The minimum Gasteiger partial charge on any atom is -0.477 e. The summed E-state index contributed by atoms with van der Waals surface area (Å²) < 4.78 is 5.58. The molecule has 27 heavy (non-hydrogen) atoms. The Morgan fingerprint density at radius 1 is 1.30 bits per heavy atom. The first kappa shape index (κ1) is 19.5. The second kappa shape index (κ2) is 8.17. The van der Waals surface area contributed by atoms with Gasteiger partial charge in [0.05, 0.1) is 18.8 Å². The van der Waals surface area contributed by atoms with Gasteiger partial charge in [-0.2, -0.15) is 0 Å². The summed E-state index contributed by atoms with van der Waals surface area (Å²) >= 11 is 12.1. The van der Waals surface area contributed by atoms with E-state index < -0.39 is 12.0 Å². The molecule has 0 fully saturated rings. The molecular weight excluding hydrogens is 389 g/mol. The average Bonchev–Trinajstić information content (AvgIpc) is 2.64. The standard InChI is InChI=1S/C19H19Cl2N3O3/c1-11(13-7-6-12(20)8-14(13)21)23-9-18(25)24-10-17(19(22)26)27-16-5-3-2-4-15(16)24/h2-8,11,17,23H,9-10H2,1H3,(H2,22,26)/t11-,17-/m0/s1. The molecule has 0 unspecified atom stereocenters. The average molecular weight is 408 g/mol. The molecule has 0 bridgehead atoms. The lowest BCUT2D eigenvalue weighted by Crippen LogP contribution is -2.51. The summed E-state index contributed by atoms with van der Waals surface area (Å²) in [5, 5.41) is 4.23. The number of nitrogens with zero attached hydrogens (tertiary/aromatic N) is 1. The van der Waals surface area contributed by atoms with Crippen LogP contribution in [-0.2, 0) is 9.59 Å². The van der Waals surface area contributed by atoms with E-state index in [1.165, 1.54) is 4.90 Å². The van der Waals surface area contributed by atoms with Gasteiger partial charge in [0, 0.05) is 16.1 Å². The van der Waals surface area contributed by atoms with Crippen LogP contribution in [0.15, 0.2) is 42.5 Å². The van der Waals surface area contributed by atoms with Crippen molar-refractivity contribution in [3.8, 4) is 5.75 Å². The van der Waals surface area contributed by atoms with E-state index in [9.17, 15) is 9.59 Å². The maximum atomic E-state index is 12.8. The highest BCUT2D eigenvalue weighted by Gasteiger charge is 2.32. The number of carbonyl (C=O) groups excluding carboxylic acids is 2. The number of nitrogens with one attached hydrogen (secondary N) is 1. The summed E-state index contributed by atoms with van der Waals surface area (Å²) in [6.07, 6.45) is -0.882. The molecule has 0 spiro atoms. The van der Waals surface area contributed by atoms with Crippen LogP contribution >= 0.6 is 23.2 Å². The number of anilines is 1. The van der Waals surface area contributed by atoms with Crippen molar-refractivity contribution in [1.82, 2.24) is 5.32 Å². The predicted molar refractivity (Wildman–Crippen MR) is 105 cm³/mol. The van der Waals surface area contributed by atoms with Gasteiger partial charge in [0.25, 0.3) is 5.91 Å². The SMILES string of the molecule is C[C@H](NCC(=O)N1C[C@@H](C(N)=O)Oc2ccccc21)c1ccc(Cl)cc1Cl. The Hall–Kier alpha value is -2.28. The largest absolute Gasteiger partial charge is 0.477 e. The lowest BCUT2D eigenvalue weighted by atomic mass is 10.1. The van der Waals surface area contributed by atoms with E-state index in [0.29, 0.717) is 21.5 Å². The monoisotopic (exact) mass is 407 g/mol. The van der Waals surface area contributed by atoms with E-state index in [0.717, 1.165) is 5.56 Å². The Labute approximate surface area is 167 Å². The molecular formula is C19H19Cl2N3O3. The first-order chi connectivity index (χ1) is 12.9. The Kier molecular flexibility index (Phi) is 5.89. The zero-order valence-corrected chi connectivity index (χ0v) is 16.1. The highest BCUT2D eigenvalue weighted by atomic mass is 35.5. The smallest absolute Gasteiger partial charge is 0.260 e. The summed E-state index contributed by atoms with van der Waals surface area (Å²) in [6.45, 7) is 2.03. The van der Waals surface area contributed by atoms with Crippen LogP contribution in [0.1, 0.15) is 18.5 Å². The number of amides is 2. The van der Waals surface area contributed by atoms with Gasteiger partial charge >= 0.3 is 0 Å². The molecule has 2 aromatic carbocycles. The molecule has 0 radical (unpaired) electrons. The number of fused-ring (bicyclic) bond motifs is 1. The van der Waals surface area contributed by atoms with Gasteiger partial charge in [0.1, 0.15) is 5.75 Å². The number of rotatable bonds is 5. The van der Waals surface area contributed by atoms with Gasteiger partial charge in [0.2, 0.25) is 5.91 Å². The molecule has 3 rings (SSSR count). The molecule has 0 aliphatic carbocycles. The fourth-order valence-corrected chi connectivity index (χ4v) is 3.49. The van der Waals surface area contributed by atoms with Crippen molar-refractivity contribution in [1.29, 1.82) is 0 Å². The molecule has 0 saturated carbocycles. The molecule has 1 aliphatic rings. The van der Waals surface area contributed by atoms with Gasteiger partial charge in [-0.3, -0.25) is 9.59 Å². The second-order valence-corrected chi connectivity index (χ2v) is 7.09. The van der Waals surface area contributed by atoms with E-state index in [-0.39, 0.29) is 25.0 Å². The molecule has 0 saturated heterocycles. The maximum absolute atomic E-state index is 12.8. The Morgan fingerprint density at radius 2 is 2.04 bits per heavy atom. The summed E-state index contributed by atoms with van der Waals surface area (Å²) in [5.41, 5.74) is 6.82. The minimum atomic E-state index is -0.882. The summed E-state index contributed by atoms with van der Waals surface area (Å²) in [5.74, 6) is -0.361. The molecule has 0 aromatic heterocycles. The number of hydrogen-bond acceptors (Lipinski definition) is 4. The first-order valence-electron chi connectivity index (χ1n) is 8.40. The van der Waals surface area contributed by atoms with Crippen LogP contribution in [0.3, 0.4) is 0 Å². The number of hydrogen-bond donors (Lipinski definition) is 2.